The van der Waals surface area contributed by atoms with Crippen LogP contribution in [0.1, 0.15) is 59.3 Å². The summed E-state index contributed by atoms with van der Waals surface area (Å²) in [6.07, 6.45) is 6.37. The highest BCUT2D eigenvalue weighted by Crippen LogP contribution is 2.41. The molecule has 0 radical (unpaired) electrons. The molecule has 0 amide bonds. The monoisotopic (exact) mass is 283 g/mol. The molecule has 2 rings (SSSR count). The van der Waals surface area contributed by atoms with E-state index in [0.717, 1.165) is 25.7 Å². The molecule has 0 aromatic carbocycles. The van der Waals surface area contributed by atoms with E-state index in [1.165, 1.54) is 20.0 Å². The van der Waals surface area contributed by atoms with Crippen LogP contribution in [0.3, 0.4) is 0 Å². The minimum Gasteiger partial charge on any atom is -0.468 e. The Balaban J connectivity index is 1.98. The second kappa shape index (κ2) is 6.02. The summed E-state index contributed by atoms with van der Waals surface area (Å²) in [5.74, 6) is 0.251. The summed E-state index contributed by atoms with van der Waals surface area (Å²) in [6, 6.07) is 0.512. The topological polar surface area (TPSA) is 47.6 Å². The summed E-state index contributed by atoms with van der Waals surface area (Å²) in [4.78, 5) is 12.3. The molecule has 116 valence electrons. The average molecular weight is 283 g/mol. The van der Waals surface area contributed by atoms with Gasteiger partial charge in [0.1, 0.15) is 5.54 Å². The van der Waals surface area contributed by atoms with E-state index in [1.807, 2.05) is 0 Å². The van der Waals surface area contributed by atoms with Gasteiger partial charge in [0, 0.05) is 12.6 Å². The lowest BCUT2D eigenvalue weighted by molar-refractivity contribution is -0.151. The van der Waals surface area contributed by atoms with Crippen LogP contribution in [-0.2, 0) is 14.3 Å². The van der Waals surface area contributed by atoms with E-state index in [2.05, 4.69) is 26.1 Å². The van der Waals surface area contributed by atoms with E-state index in [9.17, 15) is 4.79 Å². The molecule has 1 N–H and O–H groups in total. The highest BCUT2D eigenvalue weighted by Gasteiger charge is 2.51. The first-order valence-electron chi connectivity index (χ1n) is 7.87. The number of nitrogens with one attached hydrogen (secondary N) is 1. The van der Waals surface area contributed by atoms with Gasteiger partial charge in [-0.1, -0.05) is 6.42 Å². The fourth-order valence-corrected chi connectivity index (χ4v) is 3.27. The molecular weight excluding hydrogens is 254 g/mol. The van der Waals surface area contributed by atoms with Crippen molar-refractivity contribution in [3.63, 3.8) is 0 Å². The van der Waals surface area contributed by atoms with Crippen LogP contribution in [0, 0.1) is 5.92 Å². The summed E-state index contributed by atoms with van der Waals surface area (Å²) >= 11 is 0. The van der Waals surface area contributed by atoms with Crippen molar-refractivity contribution >= 4 is 5.97 Å². The zero-order valence-electron chi connectivity index (χ0n) is 13.3. The Morgan fingerprint density at radius 2 is 2.00 bits per heavy atom. The second-order valence-electron chi connectivity index (χ2n) is 7.22. The van der Waals surface area contributed by atoms with Crippen molar-refractivity contribution in [2.24, 2.45) is 5.92 Å². The number of methoxy groups -OCH3 is 1. The maximum Gasteiger partial charge on any atom is 0.326 e. The van der Waals surface area contributed by atoms with Crippen LogP contribution in [0.5, 0.6) is 0 Å². The predicted octanol–water partition coefficient (Wildman–Crippen LogP) is 2.66. The summed E-state index contributed by atoms with van der Waals surface area (Å²) in [6.45, 7) is 6.91. The van der Waals surface area contributed by atoms with Crippen LogP contribution >= 0.6 is 0 Å². The molecule has 4 nitrogen and oxygen atoms in total. The normalized spacial score (nSPS) is 30.5. The van der Waals surface area contributed by atoms with Gasteiger partial charge in [-0.3, -0.25) is 10.1 Å². The SMILES string of the molecule is COC(=O)C1(NC2CC2)CCCC1CCOC(C)(C)C. The van der Waals surface area contributed by atoms with Crippen LogP contribution in [0.25, 0.3) is 0 Å². The third-order valence-electron chi connectivity index (χ3n) is 4.41. The number of ether oxygens (including phenoxy) is 2. The molecule has 2 saturated carbocycles. The molecule has 2 aliphatic rings. The Morgan fingerprint density at radius 1 is 1.30 bits per heavy atom. The van der Waals surface area contributed by atoms with Gasteiger partial charge >= 0.3 is 5.97 Å². The molecule has 2 unspecified atom stereocenters. The minimum absolute atomic E-state index is 0.0809. The van der Waals surface area contributed by atoms with Crippen LogP contribution in [-0.4, -0.2) is 36.9 Å². The summed E-state index contributed by atoms with van der Waals surface area (Å²) in [5.41, 5.74) is -0.576. The van der Waals surface area contributed by atoms with Crippen molar-refractivity contribution in [3.8, 4) is 0 Å². The number of esters is 1. The molecule has 20 heavy (non-hydrogen) atoms. The Kier molecular flexibility index (Phi) is 4.75. The van der Waals surface area contributed by atoms with Crippen molar-refractivity contribution in [1.29, 1.82) is 0 Å². The molecule has 0 aliphatic heterocycles. The summed E-state index contributed by atoms with van der Waals surface area (Å²) in [7, 11) is 1.50. The Morgan fingerprint density at radius 3 is 2.55 bits per heavy atom. The van der Waals surface area contributed by atoms with E-state index >= 15 is 0 Å². The number of carbonyl (C=O) groups is 1. The van der Waals surface area contributed by atoms with Crippen molar-refractivity contribution in [3.05, 3.63) is 0 Å². The van der Waals surface area contributed by atoms with Gasteiger partial charge < -0.3 is 9.47 Å². The number of carbonyl (C=O) groups excluding carboxylic acids is 1. The van der Waals surface area contributed by atoms with Crippen LogP contribution in [0.15, 0.2) is 0 Å². The average Bonchev–Trinajstić information content (AvgIpc) is 3.08. The molecule has 0 saturated heterocycles. The molecule has 2 fully saturated rings. The number of rotatable bonds is 6. The fourth-order valence-electron chi connectivity index (χ4n) is 3.27. The van der Waals surface area contributed by atoms with Crippen molar-refractivity contribution in [2.75, 3.05) is 13.7 Å². The smallest absolute Gasteiger partial charge is 0.326 e. The van der Waals surface area contributed by atoms with E-state index in [-0.39, 0.29) is 11.6 Å². The van der Waals surface area contributed by atoms with Gasteiger partial charge in [-0.15, -0.1) is 0 Å². The standard InChI is InChI=1S/C16H29NO3/c1-15(2,3)20-11-9-12-6-5-10-16(12,14(18)19-4)17-13-7-8-13/h12-13,17H,5-11H2,1-4H3. The number of hydrogen-bond acceptors (Lipinski definition) is 4. The van der Waals surface area contributed by atoms with Crippen LogP contribution in [0.2, 0.25) is 0 Å². The Labute approximate surface area is 122 Å². The lowest BCUT2D eigenvalue weighted by atomic mass is 9.84. The van der Waals surface area contributed by atoms with Gasteiger partial charge in [-0.25, -0.2) is 0 Å². The van der Waals surface area contributed by atoms with Crippen LogP contribution < -0.4 is 5.32 Å². The molecule has 0 aromatic heterocycles. The maximum atomic E-state index is 12.3. The molecule has 2 atom stereocenters. The molecule has 2 aliphatic carbocycles. The highest BCUT2D eigenvalue weighted by atomic mass is 16.5. The highest BCUT2D eigenvalue weighted by molar-refractivity contribution is 5.81. The third-order valence-corrected chi connectivity index (χ3v) is 4.41. The van der Waals surface area contributed by atoms with E-state index in [4.69, 9.17) is 9.47 Å². The van der Waals surface area contributed by atoms with Crippen molar-refractivity contribution in [1.82, 2.24) is 5.32 Å². The van der Waals surface area contributed by atoms with Gasteiger partial charge in [0.2, 0.25) is 0 Å². The van der Waals surface area contributed by atoms with Gasteiger partial charge in [-0.2, -0.15) is 0 Å². The lowest BCUT2D eigenvalue weighted by Crippen LogP contribution is -2.56. The van der Waals surface area contributed by atoms with E-state index < -0.39 is 5.54 Å². The van der Waals surface area contributed by atoms with Gasteiger partial charge in [0.25, 0.3) is 0 Å². The van der Waals surface area contributed by atoms with E-state index in [0.29, 0.717) is 18.6 Å². The van der Waals surface area contributed by atoms with Crippen molar-refractivity contribution < 1.29 is 14.3 Å². The first kappa shape index (κ1) is 15.8. The first-order chi connectivity index (χ1) is 9.37. The number of hydrogen-bond donors (Lipinski definition) is 1. The van der Waals surface area contributed by atoms with Gasteiger partial charge in [0.05, 0.1) is 12.7 Å². The lowest BCUT2D eigenvalue weighted by Gasteiger charge is -2.34. The Bertz CT molecular complexity index is 346. The van der Waals surface area contributed by atoms with E-state index in [1.54, 1.807) is 0 Å². The molecule has 4 heteroatoms. The third kappa shape index (κ3) is 3.73. The van der Waals surface area contributed by atoms with Crippen LogP contribution in [0.4, 0.5) is 0 Å². The van der Waals surface area contributed by atoms with Gasteiger partial charge in [-0.05, 0) is 58.8 Å². The fraction of sp³-hybridized carbons (Fsp3) is 0.938. The molecular formula is C16H29NO3. The largest absolute Gasteiger partial charge is 0.468 e. The maximum absolute atomic E-state index is 12.3. The summed E-state index contributed by atoms with van der Waals surface area (Å²) in [5, 5.41) is 3.58. The quantitative estimate of drug-likeness (QED) is 0.761. The summed E-state index contributed by atoms with van der Waals surface area (Å²) < 4.78 is 10.9. The molecule has 0 spiro atoms. The predicted molar refractivity (Wildman–Crippen MR) is 78.6 cm³/mol. The minimum atomic E-state index is -0.461. The second-order valence-corrected chi connectivity index (χ2v) is 7.22. The molecule has 0 heterocycles. The zero-order valence-corrected chi connectivity index (χ0v) is 13.3. The van der Waals surface area contributed by atoms with Crippen molar-refractivity contribution in [2.45, 2.75) is 76.5 Å². The van der Waals surface area contributed by atoms with Gasteiger partial charge in [0.15, 0.2) is 0 Å². The Hall–Kier alpha value is -0.610. The zero-order chi connectivity index (χ0) is 14.8. The molecule has 0 aromatic rings. The molecule has 0 bridgehead atoms. The first-order valence-corrected chi connectivity index (χ1v) is 7.87.